The molecule has 162 valence electrons. The Bertz CT molecular complexity index is 1080. The predicted molar refractivity (Wildman–Crippen MR) is 124 cm³/mol. The number of pyridine rings is 1. The van der Waals surface area contributed by atoms with Gasteiger partial charge in [-0.15, -0.1) is 0 Å². The molecule has 0 saturated carbocycles. The summed E-state index contributed by atoms with van der Waals surface area (Å²) >= 11 is 0. The van der Waals surface area contributed by atoms with E-state index < -0.39 is 0 Å². The molecule has 0 radical (unpaired) electrons. The number of anilines is 1. The van der Waals surface area contributed by atoms with Crippen LogP contribution in [0, 0.1) is 5.92 Å². The summed E-state index contributed by atoms with van der Waals surface area (Å²) in [5, 5.41) is 2.95. The lowest BCUT2D eigenvalue weighted by molar-refractivity contribution is -0.130. The van der Waals surface area contributed by atoms with Gasteiger partial charge in [0.25, 0.3) is 0 Å². The van der Waals surface area contributed by atoms with Crippen molar-refractivity contribution in [1.29, 1.82) is 0 Å². The maximum Gasteiger partial charge on any atom is 0.246 e. The molecule has 2 heterocycles. The number of hydrogen-bond acceptors (Lipinski definition) is 4. The highest BCUT2D eigenvalue weighted by Crippen LogP contribution is 2.28. The number of rotatable bonds is 6. The first-order chi connectivity index (χ1) is 15.7. The molecule has 1 aromatic heterocycles. The van der Waals surface area contributed by atoms with Crippen molar-refractivity contribution in [3.05, 3.63) is 90.6 Å². The Morgan fingerprint density at radius 2 is 1.62 bits per heavy atom. The average molecular weight is 428 g/mol. The Hall–Kier alpha value is -3.93. The third-order valence-corrected chi connectivity index (χ3v) is 5.38. The van der Waals surface area contributed by atoms with Crippen molar-refractivity contribution in [2.24, 2.45) is 5.92 Å². The van der Waals surface area contributed by atoms with E-state index in [4.69, 9.17) is 4.74 Å². The molecule has 1 aliphatic heterocycles. The van der Waals surface area contributed by atoms with Crippen molar-refractivity contribution < 1.29 is 14.3 Å². The zero-order valence-electron chi connectivity index (χ0n) is 17.7. The number of para-hydroxylation sites is 1. The molecule has 32 heavy (non-hydrogen) atoms. The second-order valence-electron chi connectivity index (χ2n) is 7.60. The van der Waals surface area contributed by atoms with E-state index in [2.05, 4.69) is 10.3 Å². The van der Waals surface area contributed by atoms with E-state index in [1.54, 1.807) is 29.3 Å². The average Bonchev–Trinajstić information content (AvgIpc) is 2.85. The number of likely N-dealkylation sites (tertiary alicyclic amines) is 1. The zero-order valence-corrected chi connectivity index (χ0v) is 17.7. The Labute approximate surface area is 187 Å². The molecule has 3 aromatic rings. The van der Waals surface area contributed by atoms with Crippen LogP contribution in [-0.2, 0) is 9.59 Å². The normalized spacial score (nSPS) is 14.3. The minimum absolute atomic E-state index is 0.0292. The predicted octanol–water partition coefficient (Wildman–Crippen LogP) is 4.76. The number of carbonyl (C=O) groups is 2. The minimum atomic E-state index is -0.165. The smallest absolute Gasteiger partial charge is 0.246 e. The maximum atomic E-state index is 12.8. The van der Waals surface area contributed by atoms with E-state index in [0.29, 0.717) is 43.2 Å². The van der Waals surface area contributed by atoms with Gasteiger partial charge in [-0.3, -0.25) is 9.59 Å². The number of carbonyl (C=O) groups excluding carboxylic acids is 2. The highest BCUT2D eigenvalue weighted by Gasteiger charge is 2.27. The fraction of sp³-hybridized carbons (Fsp3) is 0.192. The molecular weight excluding hydrogens is 402 g/mol. The summed E-state index contributed by atoms with van der Waals surface area (Å²) in [6.07, 6.45) is 6.27. The van der Waals surface area contributed by atoms with E-state index in [0.717, 1.165) is 5.56 Å². The van der Waals surface area contributed by atoms with Gasteiger partial charge < -0.3 is 15.0 Å². The second-order valence-corrected chi connectivity index (χ2v) is 7.60. The van der Waals surface area contributed by atoms with Crippen LogP contribution in [0.4, 0.5) is 5.69 Å². The number of piperidine rings is 1. The fourth-order valence-electron chi connectivity index (χ4n) is 3.60. The number of aromatic nitrogens is 1. The topological polar surface area (TPSA) is 71.5 Å². The first-order valence-electron chi connectivity index (χ1n) is 10.7. The quantitative estimate of drug-likeness (QED) is 0.576. The molecule has 0 atom stereocenters. The maximum absolute atomic E-state index is 12.8. The molecule has 2 aromatic carbocycles. The summed E-state index contributed by atoms with van der Waals surface area (Å²) in [5.41, 5.74) is 1.52. The van der Waals surface area contributed by atoms with Crippen LogP contribution in [0.5, 0.6) is 11.6 Å². The lowest BCUT2D eigenvalue weighted by Crippen LogP contribution is -2.40. The Morgan fingerprint density at radius 3 is 2.34 bits per heavy atom. The van der Waals surface area contributed by atoms with E-state index in [1.165, 1.54) is 0 Å². The Kier molecular flexibility index (Phi) is 6.92. The first kappa shape index (κ1) is 21.3. The van der Waals surface area contributed by atoms with Crippen molar-refractivity contribution in [3.8, 4) is 11.6 Å². The van der Waals surface area contributed by atoms with Crippen LogP contribution >= 0.6 is 0 Å². The highest BCUT2D eigenvalue weighted by molar-refractivity contribution is 5.94. The van der Waals surface area contributed by atoms with Crippen molar-refractivity contribution in [1.82, 2.24) is 9.88 Å². The number of hydrogen-bond donors (Lipinski definition) is 1. The molecule has 0 bridgehead atoms. The fourth-order valence-corrected chi connectivity index (χ4v) is 3.60. The largest absolute Gasteiger partial charge is 0.437 e. The van der Waals surface area contributed by atoms with Crippen LogP contribution in [0.15, 0.2) is 85.1 Å². The summed E-state index contributed by atoms with van der Waals surface area (Å²) in [6, 6.07) is 22.6. The second kappa shape index (κ2) is 10.4. The van der Waals surface area contributed by atoms with Crippen LogP contribution < -0.4 is 10.1 Å². The Balaban J connectivity index is 1.31. The van der Waals surface area contributed by atoms with Gasteiger partial charge in [0.15, 0.2) is 0 Å². The lowest BCUT2D eigenvalue weighted by atomic mass is 9.95. The monoisotopic (exact) mass is 427 g/mol. The lowest BCUT2D eigenvalue weighted by Gasteiger charge is -2.30. The standard InChI is InChI=1S/C26H25N3O3/c30-24(14-13-20-8-3-1-4-9-20)29-18-15-21(16-19-29)25(31)28-23-12-7-17-27-26(23)32-22-10-5-2-6-11-22/h1-14,17,21H,15-16,18-19H2,(H,28,31). The number of benzene rings is 2. The Morgan fingerprint density at radius 1 is 0.938 bits per heavy atom. The molecule has 4 rings (SSSR count). The van der Waals surface area contributed by atoms with Gasteiger partial charge in [-0.25, -0.2) is 4.98 Å². The molecule has 1 saturated heterocycles. The molecule has 0 aliphatic carbocycles. The minimum Gasteiger partial charge on any atom is -0.437 e. The van der Waals surface area contributed by atoms with Crippen LogP contribution in [-0.4, -0.2) is 34.8 Å². The summed E-state index contributed by atoms with van der Waals surface area (Å²) in [4.78, 5) is 31.4. The molecule has 2 amide bonds. The molecule has 1 aliphatic rings. The zero-order chi connectivity index (χ0) is 22.2. The SMILES string of the molecule is O=C(Nc1cccnc1Oc1ccccc1)C1CCN(C(=O)C=Cc2ccccc2)CC1. The van der Waals surface area contributed by atoms with Crippen LogP contribution in [0.2, 0.25) is 0 Å². The molecule has 0 spiro atoms. The van der Waals surface area contributed by atoms with E-state index in [-0.39, 0.29) is 17.7 Å². The van der Waals surface area contributed by atoms with Gasteiger partial charge in [0.05, 0.1) is 0 Å². The van der Waals surface area contributed by atoms with E-state index in [1.807, 2.05) is 66.7 Å². The molecule has 6 nitrogen and oxygen atoms in total. The first-order valence-corrected chi connectivity index (χ1v) is 10.7. The van der Waals surface area contributed by atoms with Gasteiger partial charge in [-0.1, -0.05) is 48.5 Å². The van der Waals surface area contributed by atoms with Crippen molar-refractivity contribution in [2.75, 3.05) is 18.4 Å². The van der Waals surface area contributed by atoms with Gasteiger partial charge in [0, 0.05) is 31.3 Å². The van der Waals surface area contributed by atoms with Crippen LogP contribution in [0.25, 0.3) is 6.08 Å². The molecule has 6 heteroatoms. The number of nitrogens with one attached hydrogen (secondary N) is 1. The number of ether oxygens (including phenoxy) is 1. The van der Waals surface area contributed by atoms with Crippen molar-refractivity contribution in [2.45, 2.75) is 12.8 Å². The number of amides is 2. The molecule has 0 unspecified atom stereocenters. The van der Waals surface area contributed by atoms with Crippen LogP contribution in [0.1, 0.15) is 18.4 Å². The third-order valence-electron chi connectivity index (χ3n) is 5.38. The summed E-state index contributed by atoms with van der Waals surface area (Å²) in [7, 11) is 0. The summed E-state index contributed by atoms with van der Waals surface area (Å²) in [5.74, 6) is 0.728. The van der Waals surface area contributed by atoms with Crippen LogP contribution in [0.3, 0.4) is 0 Å². The van der Waals surface area contributed by atoms with E-state index >= 15 is 0 Å². The number of nitrogens with zero attached hydrogens (tertiary/aromatic N) is 2. The summed E-state index contributed by atoms with van der Waals surface area (Å²) in [6.45, 7) is 1.10. The van der Waals surface area contributed by atoms with Gasteiger partial charge in [0.2, 0.25) is 17.7 Å². The molecule has 1 N–H and O–H groups in total. The highest BCUT2D eigenvalue weighted by atomic mass is 16.5. The van der Waals surface area contributed by atoms with Gasteiger partial charge in [-0.2, -0.15) is 0 Å². The molecule has 1 fully saturated rings. The van der Waals surface area contributed by atoms with Gasteiger partial charge >= 0.3 is 0 Å². The van der Waals surface area contributed by atoms with Crippen molar-refractivity contribution in [3.63, 3.8) is 0 Å². The van der Waals surface area contributed by atoms with Gasteiger partial charge in [-0.05, 0) is 48.7 Å². The summed E-state index contributed by atoms with van der Waals surface area (Å²) < 4.78 is 5.82. The third kappa shape index (κ3) is 5.60. The van der Waals surface area contributed by atoms with Crippen molar-refractivity contribution >= 4 is 23.6 Å². The molecular formula is C26H25N3O3. The van der Waals surface area contributed by atoms with Gasteiger partial charge in [0.1, 0.15) is 11.4 Å². The van der Waals surface area contributed by atoms with E-state index in [9.17, 15) is 9.59 Å².